The third-order valence-corrected chi connectivity index (χ3v) is 6.00. The molecule has 0 aliphatic carbocycles. The van der Waals surface area contributed by atoms with Crippen molar-refractivity contribution in [1.82, 2.24) is 15.0 Å². The van der Waals surface area contributed by atoms with E-state index in [0.717, 1.165) is 46.1 Å². The highest BCUT2D eigenvalue weighted by atomic mass is 16.5. The number of hydrogen-bond donors (Lipinski definition) is 1. The van der Waals surface area contributed by atoms with Crippen molar-refractivity contribution in [3.63, 3.8) is 0 Å². The van der Waals surface area contributed by atoms with Crippen molar-refractivity contribution in [3.05, 3.63) is 66.6 Å². The van der Waals surface area contributed by atoms with Crippen LogP contribution < -0.4 is 4.74 Å². The van der Waals surface area contributed by atoms with E-state index < -0.39 is 0 Å². The van der Waals surface area contributed by atoms with Gasteiger partial charge in [-0.25, -0.2) is 4.98 Å². The number of H-pyrrole nitrogens is 1. The molecular weight excluding hydrogens is 416 g/mol. The summed E-state index contributed by atoms with van der Waals surface area (Å²) < 4.78 is 17.8. The first-order chi connectivity index (χ1) is 16.3. The maximum absolute atomic E-state index is 9.77. The Morgan fingerprint density at radius 2 is 1.94 bits per heavy atom. The zero-order valence-electron chi connectivity index (χ0n) is 17.7. The molecular formula is C26H20N4O3. The van der Waals surface area contributed by atoms with Crippen molar-refractivity contribution in [1.29, 1.82) is 5.26 Å². The first kappa shape index (κ1) is 19.5. The minimum Gasteiger partial charge on any atom is -0.489 e. The summed E-state index contributed by atoms with van der Waals surface area (Å²) in [4.78, 5) is 12.1. The lowest BCUT2D eigenvalue weighted by Crippen LogP contribution is -2.26. The molecule has 7 nitrogen and oxygen atoms in total. The largest absolute Gasteiger partial charge is 0.489 e. The zero-order chi connectivity index (χ0) is 22.2. The number of benzene rings is 2. The number of nitriles is 1. The van der Waals surface area contributed by atoms with E-state index in [4.69, 9.17) is 13.9 Å². The Labute approximate surface area is 189 Å². The summed E-state index contributed by atoms with van der Waals surface area (Å²) in [5, 5.41) is 9.77. The number of furan rings is 1. The Morgan fingerprint density at radius 3 is 2.82 bits per heavy atom. The Morgan fingerprint density at radius 1 is 1.03 bits per heavy atom. The highest BCUT2D eigenvalue weighted by Crippen LogP contribution is 2.37. The highest BCUT2D eigenvalue weighted by Gasteiger charge is 2.19. The fourth-order valence-corrected chi connectivity index (χ4v) is 4.32. The number of aromatic amines is 1. The highest BCUT2D eigenvalue weighted by molar-refractivity contribution is 5.96. The standard InChI is InChI=1S/C26H20N4O3/c27-14-17-12-16(4-5-23(17)32-18-7-10-31-11-8-18)19-6-9-28-22-13-24(33-26(19)22)20-2-1-3-21-25(20)30-15-29-21/h1-6,9,12-13,15,18H,7-8,10-11H2,(H,29,30). The van der Waals surface area contributed by atoms with Crippen LogP contribution in [0.15, 0.2) is 65.5 Å². The number of rotatable bonds is 4. The first-order valence-electron chi connectivity index (χ1n) is 10.9. The normalized spacial score (nSPS) is 14.5. The lowest BCUT2D eigenvalue weighted by molar-refractivity contribution is 0.0254. The van der Waals surface area contributed by atoms with Crippen LogP contribution in [0.5, 0.6) is 5.75 Å². The molecule has 1 aliphatic rings. The molecule has 162 valence electrons. The first-order valence-corrected chi connectivity index (χ1v) is 10.9. The van der Waals surface area contributed by atoms with Crippen molar-refractivity contribution >= 4 is 22.1 Å². The molecule has 1 fully saturated rings. The lowest BCUT2D eigenvalue weighted by atomic mass is 10.0. The van der Waals surface area contributed by atoms with Crippen LogP contribution in [-0.4, -0.2) is 34.3 Å². The van der Waals surface area contributed by atoms with E-state index in [-0.39, 0.29) is 6.10 Å². The van der Waals surface area contributed by atoms with Gasteiger partial charge in [0, 0.05) is 36.2 Å². The van der Waals surface area contributed by atoms with Gasteiger partial charge in [-0.3, -0.25) is 4.98 Å². The number of nitrogens with one attached hydrogen (secondary N) is 1. The predicted molar refractivity (Wildman–Crippen MR) is 124 cm³/mol. The lowest BCUT2D eigenvalue weighted by Gasteiger charge is -2.23. The van der Waals surface area contributed by atoms with E-state index in [1.54, 1.807) is 12.5 Å². The average molecular weight is 436 g/mol. The molecule has 4 heterocycles. The van der Waals surface area contributed by atoms with Crippen molar-refractivity contribution < 1.29 is 13.9 Å². The number of imidazole rings is 1. The monoisotopic (exact) mass is 436 g/mol. The minimum atomic E-state index is 0.0710. The molecule has 1 aliphatic heterocycles. The SMILES string of the molecule is N#Cc1cc(-c2ccnc3cc(-c4cccc5[nH]cnc45)oc23)ccc1OC1CCOCC1. The van der Waals surface area contributed by atoms with Gasteiger partial charge in [-0.15, -0.1) is 0 Å². The molecule has 0 saturated carbocycles. The predicted octanol–water partition coefficient (Wildman–Crippen LogP) is 5.47. The van der Waals surface area contributed by atoms with Gasteiger partial charge in [-0.05, 0) is 35.9 Å². The fraction of sp³-hybridized carbons (Fsp3) is 0.192. The number of para-hydroxylation sites is 1. The smallest absolute Gasteiger partial charge is 0.161 e. The number of nitrogens with zero attached hydrogens (tertiary/aromatic N) is 3. The van der Waals surface area contributed by atoms with Gasteiger partial charge in [0.1, 0.15) is 29.2 Å². The van der Waals surface area contributed by atoms with E-state index >= 15 is 0 Å². The molecule has 7 heteroatoms. The van der Waals surface area contributed by atoms with Gasteiger partial charge in [0.25, 0.3) is 0 Å². The molecule has 5 aromatic rings. The van der Waals surface area contributed by atoms with E-state index in [1.807, 2.05) is 48.5 Å². The molecule has 0 bridgehead atoms. The fourth-order valence-electron chi connectivity index (χ4n) is 4.32. The Balaban J connectivity index is 1.40. The van der Waals surface area contributed by atoms with Crippen molar-refractivity contribution in [3.8, 4) is 34.3 Å². The van der Waals surface area contributed by atoms with Crippen LogP contribution in [0.3, 0.4) is 0 Å². The number of hydrogen-bond acceptors (Lipinski definition) is 6. The molecule has 1 N–H and O–H groups in total. The Bertz CT molecular complexity index is 1510. The number of pyridine rings is 1. The van der Waals surface area contributed by atoms with Crippen LogP contribution in [0.25, 0.3) is 44.6 Å². The second-order valence-electron chi connectivity index (χ2n) is 8.04. The molecule has 0 unspecified atom stereocenters. The Kier molecular flexibility index (Phi) is 4.78. The van der Waals surface area contributed by atoms with Crippen LogP contribution >= 0.6 is 0 Å². The topological polar surface area (TPSA) is 97.0 Å². The molecule has 0 amide bonds. The van der Waals surface area contributed by atoms with Crippen molar-refractivity contribution in [2.45, 2.75) is 18.9 Å². The van der Waals surface area contributed by atoms with Crippen LogP contribution in [0.4, 0.5) is 0 Å². The van der Waals surface area contributed by atoms with Crippen LogP contribution in [-0.2, 0) is 4.74 Å². The molecule has 3 aromatic heterocycles. The maximum atomic E-state index is 9.77. The van der Waals surface area contributed by atoms with E-state index in [0.29, 0.717) is 35.9 Å². The van der Waals surface area contributed by atoms with Gasteiger partial charge in [-0.2, -0.15) is 5.26 Å². The Hall–Kier alpha value is -4.15. The summed E-state index contributed by atoms with van der Waals surface area (Å²) in [5.74, 6) is 1.30. The second-order valence-corrected chi connectivity index (χ2v) is 8.04. The zero-order valence-corrected chi connectivity index (χ0v) is 17.7. The summed E-state index contributed by atoms with van der Waals surface area (Å²) >= 11 is 0. The molecule has 6 rings (SSSR count). The number of fused-ring (bicyclic) bond motifs is 2. The van der Waals surface area contributed by atoms with Crippen molar-refractivity contribution in [2.24, 2.45) is 0 Å². The number of aromatic nitrogens is 3. The van der Waals surface area contributed by atoms with Crippen molar-refractivity contribution in [2.75, 3.05) is 13.2 Å². The van der Waals surface area contributed by atoms with Crippen LogP contribution in [0.2, 0.25) is 0 Å². The van der Waals surface area contributed by atoms with Gasteiger partial charge < -0.3 is 18.9 Å². The van der Waals surface area contributed by atoms with Gasteiger partial charge in [0.2, 0.25) is 0 Å². The molecule has 0 radical (unpaired) electrons. The third-order valence-electron chi connectivity index (χ3n) is 6.00. The summed E-state index contributed by atoms with van der Waals surface area (Å²) in [6.07, 6.45) is 5.16. The van der Waals surface area contributed by atoms with Gasteiger partial charge in [0.05, 0.1) is 36.1 Å². The maximum Gasteiger partial charge on any atom is 0.161 e. The molecule has 2 aromatic carbocycles. The molecule has 1 saturated heterocycles. The molecule has 0 spiro atoms. The second kappa shape index (κ2) is 8.08. The third kappa shape index (κ3) is 3.51. The van der Waals surface area contributed by atoms with Crippen LogP contribution in [0.1, 0.15) is 18.4 Å². The summed E-state index contributed by atoms with van der Waals surface area (Å²) in [6, 6.07) is 17.7. The quantitative estimate of drug-likeness (QED) is 0.401. The summed E-state index contributed by atoms with van der Waals surface area (Å²) in [7, 11) is 0. The van der Waals surface area contributed by atoms with Gasteiger partial charge in [0.15, 0.2) is 5.58 Å². The molecule has 0 atom stereocenters. The van der Waals surface area contributed by atoms with E-state index in [2.05, 4.69) is 21.0 Å². The van der Waals surface area contributed by atoms with E-state index in [9.17, 15) is 5.26 Å². The minimum absolute atomic E-state index is 0.0710. The number of ether oxygens (including phenoxy) is 2. The summed E-state index contributed by atoms with van der Waals surface area (Å²) in [5.41, 5.74) is 6.34. The van der Waals surface area contributed by atoms with Gasteiger partial charge >= 0.3 is 0 Å². The van der Waals surface area contributed by atoms with E-state index in [1.165, 1.54) is 0 Å². The summed E-state index contributed by atoms with van der Waals surface area (Å²) in [6.45, 7) is 1.37. The van der Waals surface area contributed by atoms with Gasteiger partial charge in [-0.1, -0.05) is 12.1 Å². The molecule has 33 heavy (non-hydrogen) atoms. The average Bonchev–Trinajstić information content (AvgIpc) is 3.52. The van der Waals surface area contributed by atoms with Crippen LogP contribution in [0, 0.1) is 11.3 Å².